The van der Waals surface area contributed by atoms with Crippen LogP contribution in [0.15, 0.2) is 0 Å². The van der Waals surface area contributed by atoms with Crippen LogP contribution in [0.5, 0.6) is 0 Å². The average Bonchev–Trinajstić information content (AvgIpc) is 2.80. The van der Waals surface area contributed by atoms with E-state index in [1.807, 2.05) is 0 Å². The van der Waals surface area contributed by atoms with Crippen LogP contribution >= 0.6 is 0 Å². The Morgan fingerprint density at radius 1 is 1.64 bits per heavy atom. The fourth-order valence-corrected chi connectivity index (χ4v) is 1.68. The molecule has 0 aromatic carbocycles. The normalized spacial score (nSPS) is 41.0. The lowest BCUT2D eigenvalue weighted by Crippen LogP contribution is -2.51. The molecule has 2 aliphatic rings. The van der Waals surface area contributed by atoms with Crippen LogP contribution in [-0.2, 0) is 9.53 Å². The van der Waals surface area contributed by atoms with Crippen LogP contribution < -0.4 is 10.9 Å². The lowest BCUT2D eigenvalue weighted by atomic mass is 10.1. The number of nitrogens with one attached hydrogen (secondary N) is 2. The van der Waals surface area contributed by atoms with Gasteiger partial charge in [-0.05, 0) is 18.3 Å². The van der Waals surface area contributed by atoms with Crippen LogP contribution in [-0.4, -0.2) is 25.7 Å². The zero-order chi connectivity index (χ0) is 7.84. The third-order valence-corrected chi connectivity index (χ3v) is 2.48. The molecule has 11 heavy (non-hydrogen) atoms. The molecule has 0 spiro atoms. The minimum Gasteiger partial charge on any atom is -0.468 e. The molecule has 3 atom stereocenters. The predicted molar refractivity (Wildman–Crippen MR) is 38.5 cm³/mol. The Balaban J connectivity index is 1.97. The molecule has 0 bridgehead atoms. The van der Waals surface area contributed by atoms with E-state index in [1.54, 1.807) is 0 Å². The van der Waals surface area contributed by atoms with Crippen LogP contribution in [0.3, 0.4) is 0 Å². The van der Waals surface area contributed by atoms with Gasteiger partial charge in [0.25, 0.3) is 0 Å². The fraction of sp³-hybridized carbons (Fsp3) is 0.857. The molecule has 1 aliphatic carbocycles. The summed E-state index contributed by atoms with van der Waals surface area (Å²) < 4.78 is 4.65. The smallest absolute Gasteiger partial charge is 0.324 e. The molecular weight excluding hydrogens is 144 g/mol. The number of hydrogen-bond acceptors (Lipinski definition) is 4. The average molecular weight is 156 g/mol. The summed E-state index contributed by atoms with van der Waals surface area (Å²) in [5, 5.41) is 0. The second-order valence-electron chi connectivity index (χ2n) is 3.19. The molecule has 1 aliphatic heterocycles. The van der Waals surface area contributed by atoms with Crippen molar-refractivity contribution in [2.45, 2.75) is 12.5 Å². The van der Waals surface area contributed by atoms with Crippen molar-refractivity contribution in [3.63, 3.8) is 0 Å². The van der Waals surface area contributed by atoms with E-state index in [-0.39, 0.29) is 12.0 Å². The predicted octanol–water partition coefficient (Wildman–Crippen LogP) is -0.728. The Bertz CT molecular complexity index is 183. The Morgan fingerprint density at radius 2 is 2.45 bits per heavy atom. The van der Waals surface area contributed by atoms with Crippen LogP contribution in [0.1, 0.15) is 6.42 Å². The van der Waals surface area contributed by atoms with E-state index in [4.69, 9.17) is 0 Å². The van der Waals surface area contributed by atoms with Gasteiger partial charge in [-0.2, -0.15) is 0 Å². The van der Waals surface area contributed by atoms with E-state index in [0.29, 0.717) is 11.8 Å². The van der Waals surface area contributed by atoms with E-state index >= 15 is 0 Å². The van der Waals surface area contributed by atoms with Crippen LogP contribution in [0.2, 0.25) is 0 Å². The SMILES string of the molecule is COC(=O)[C@H]1NNCC2C[C@@H]21. The van der Waals surface area contributed by atoms with Gasteiger partial charge < -0.3 is 4.74 Å². The lowest BCUT2D eigenvalue weighted by molar-refractivity contribution is -0.144. The number of rotatable bonds is 1. The minimum atomic E-state index is -0.148. The first-order chi connectivity index (χ1) is 5.33. The summed E-state index contributed by atoms with van der Waals surface area (Å²) >= 11 is 0. The molecule has 1 saturated heterocycles. The van der Waals surface area contributed by atoms with Gasteiger partial charge in [0.05, 0.1) is 7.11 Å². The van der Waals surface area contributed by atoms with Crippen molar-refractivity contribution >= 4 is 5.97 Å². The van der Waals surface area contributed by atoms with Gasteiger partial charge in [0.1, 0.15) is 6.04 Å². The molecule has 4 nitrogen and oxygen atoms in total. The van der Waals surface area contributed by atoms with Crippen molar-refractivity contribution < 1.29 is 9.53 Å². The van der Waals surface area contributed by atoms with Gasteiger partial charge in [-0.1, -0.05) is 0 Å². The van der Waals surface area contributed by atoms with E-state index < -0.39 is 0 Å². The molecule has 2 fully saturated rings. The highest BCUT2D eigenvalue weighted by atomic mass is 16.5. The second kappa shape index (κ2) is 2.46. The van der Waals surface area contributed by atoms with E-state index in [1.165, 1.54) is 7.11 Å². The van der Waals surface area contributed by atoms with Crippen molar-refractivity contribution in [3.05, 3.63) is 0 Å². The van der Waals surface area contributed by atoms with Crippen LogP contribution in [0, 0.1) is 11.8 Å². The fourth-order valence-electron chi connectivity index (χ4n) is 1.68. The first-order valence-electron chi connectivity index (χ1n) is 3.89. The highest BCUT2D eigenvalue weighted by Gasteiger charge is 2.48. The molecule has 0 aromatic rings. The number of fused-ring (bicyclic) bond motifs is 1. The summed E-state index contributed by atoms with van der Waals surface area (Å²) in [5.41, 5.74) is 5.93. The number of carbonyl (C=O) groups is 1. The summed E-state index contributed by atoms with van der Waals surface area (Å²) in [5.74, 6) is 1.06. The number of hydrazine groups is 1. The first-order valence-corrected chi connectivity index (χ1v) is 3.89. The van der Waals surface area contributed by atoms with Gasteiger partial charge in [-0.15, -0.1) is 0 Å². The highest BCUT2D eigenvalue weighted by Crippen LogP contribution is 2.42. The molecule has 0 amide bonds. The van der Waals surface area contributed by atoms with Crippen molar-refractivity contribution in [1.29, 1.82) is 0 Å². The molecule has 0 aromatic heterocycles. The maximum absolute atomic E-state index is 11.1. The zero-order valence-electron chi connectivity index (χ0n) is 6.46. The quantitative estimate of drug-likeness (QED) is 0.491. The lowest BCUT2D eigenvalue weighted by Gasteiger charge is -2.21. The van der Waals surface area contributed by atoms with Crippen molar-refractivity contribution in [3.8, 4) is 0 Å². The Hall–Kier alpha value is -0.610. The van der Waals surface area contributed by atoms with Gasteiger partial charge >= 0.3 is 5.97 Å². The van der Waals surface area contributed by atoms with E-state index in [2.05, 4.69) is 15.6 Å². The van der Waals surface area contributed by atoms with Crippen molar-refractivity contribution in [1.82, 2.24) is 10.9 Å². The third-order valence-electron chi connectivity index (χ3n) is 2.48. The van der Waals surface area contributed by atoms with Gasteiger partial charge in [0.2, 0.25) is 0 Å². The molecule has 0 radical (unpaired) electrons. The Labute approximate surface area is 65.3 Å². The molecule has 2 rings (SSSR count). The topological polar surface area (TPSA) is 50.4 Å². The number of methoxy groups -OCH3 is 1. The zero-order valence-corrected chi connectivity index (χ0v) is 6.46. The summed E-state index contributed by atoms with van der Waals surface area (Å²) in [4.78, 5) is 11.1. The molecule has 1 saturated carbocycles. The molecule has 2 N–H and O–H groups in total. The second-order valence-corrected chi connectivity index (χ2v) is 3.19. The van der Waals surface area contributed by atoms with Crippen LogP contribution in [0.4, 0.5) is 0 Å². The minimum absolute atomic E-state index is 0.112. The van der Waals surface area contributed by atoms with Gasteiger partial charge in [-0.3, -0.25) is 10.2 Å². The van der Waals surface area contributed by atoms with Crippen LogP contribution in [0.25, 0.3) is 0 Å². The van der Waals surface area contributed by atoms with E-state index in [9.17, 15) is 4.79 Å². The Kier molecular flexibility index (Phi) is 1.58. The molecule has 62 valence electrons. The monoisotopic (exact) mass is 156 g/mol. The number of esters is 1. The molecule has 1 unspecified atom stereocenters. The number of ether oxygens (including phenoxy) is 1. The first kappa shape index (κ1) is 7.06. The largest absolute Gasteiger partial charge is 0.468 e. The van der Waals surface area contributed by atoms with Crippen molar-refractivity contribution in [2.75, 3.05) is 13.7 Å². The summed E-state index contributed by atoms with van der Waals surface area (Å²) in [6.45, 7) is 0.984. The van der Waals surface area contributed by atoms with Gasteiger partial charge in [-0.25, -0.2) is 5.43 Å². The Morgan fingerprint density at radius 3 is 3.18 bits per heavy atom. The summed E-state index contributed by atoms with van der Waals surface area (Å²) in [6, 6.07) is -0.112. The van der Waals surface area contributed by atoms with Crippen molar-refractivity contribution in [2.24, 2.45) is 11.8 Å². The van der Waals surface area contributed by atoms with Gasteiger partial charge in [0, 0.05) is 6.54 Å². The van der Waals surface area contributed by atoms with Gasteiger partial charge in [0.15, 0.2) is 0 Å². The molecule has 4 heteroatoms. The number of hydrogen-bond donors (Lipinski definition) is 2. The summed E-state index contributed by atoms with van der Waals surface area (Å²) in [7, 11) is 1.43. The third kappa shape index (κ3) is 1.12. The van der Waals surface area contributed by atoms with E-state index in [0.717, 1.165) is 13.0 Å². The maximum Gasteiger partial charge on any atom is 0.324 e. The number of carbonyl (C=O) groups excluding carboxylic acids is 1. The maximum atomic E-state index is 11.1. The molecule has 1 heterocycles. The summed E-state index contributed by atoms with van der Waals surface area (Å²) in [6.07, 6.45) is 1.15. The highest BCUT2D eigenvalue weighted by molar-refractivity contribution is 5.76. The standard InChI is InChI=1S/C7H12N2O2/c1-11-7(10)6-5-2-4(5)3-8-9-6/h4-6,8-9H,2-3H2,1H3/t4?,5-,6-/m0/s1. The molecular formula is C7H12N2O2.